The SMILES string of the molecule is O=[N+]([O-])c1ccc(-n2c3ccccc3c3ccccc32)cc1-c1c(F)ccc(F)c1Br. The first-order valence-corrected chi connectivity index (χ1v) is 10.2. The number of hydrogen-bond donors (Lipinski definition) is 0. The molecule has 7 heteroatoms. The Morgan fingerprint density at radius 1 is 0.806 bits per heavy atom. The summed E-state index contributed by atoms with van der Waals surface area (Å²) in [6.45, 7) is 0. The van der Waals surface area contributed by atoms with Crippen molar-refractivity contribution in [3.05, 3.63) is 105 Å². The second kappa shape index (κ2) is 7.28. The Kier molecular flexibility index (Phi) is 4.55. The number of aromatic nitrogens is 1. The van der Waals surface area contributed by atoms with Crippen molar-refractivity contribution in [1.29, 1.82) is 0 Å². The lowest BCUT2D eigenvalue weighted by atomic mass is 10.0. The fourth-order valence-corrected chi connectivity index (χ4v) is 4.53. The first-order chi connectivity index (χ1) is 15.0. The van der Waals surface area contributed by atoms with E-state index < -0.39 is 16.6 Å². The van der Waals surface area contributed by atoms with E-state index in [0.29, 0.717) is 5.69 Å². The summed E-state index contributed by atoms with van der Waals surface area (Å²) in [6.07, 6.45) is 0. The van der Waals surface area contributed by atoms with Crippen LogP contribution in [-0.4, -0.2) is 9.49 Å². The number of rotatable bonds is 3. The number of nitro groups is 1. The third-order valence-electron chi connectivity index (χ3n) is 5.33. The third kappa shape index (κ3) is 3.00. The maximum Gasteiger partial charge on any atom is 0.277 e. The summed E-state index contributed by atoms with van der Waals surface area (Å²) in [5.74, 6) is -1.45. The van der Waals surface area contributed by atoms with E-state index in [2.05, 4.69) is 15.9 Å². The highest BCUT2D eigenvalue weighted by Gasteiger charge is 2.24. The zero-order valence-electron chi connectivity index (χ0n) is 15.9. The van der Waals surface area contributed by atoms with Crippen molar-refractivity contribution in [3.8, 4) is 16.8 Å². The first-order valence-electron chi connectivity index (χ1n) is 9.38. The normalized spacial score (nSPS) is 11.3. The topological polar surface area (TPSA) is 48.1 Å². The van der Waals surface area contributed by atoms with Gasteiger partial charge in [0.2, 0.25) is 0 Å². The van der Waals surface area contributed by atoms with Crippen LogP contribution in [0.1, 0.15) is 0 Å². The second-order valence-corrected chi connectivity index (χ2v) is 7.84. The molecule has 0 aliphatic heterocycles. The van der Waals surface area contributed by atoms with Crippen LogP contribution < -0.4 is 0 Å². The maximum atomic E-state index is 14.7. The molecule has 0 fully saturated rings. The van der Waals surface area contributed by atoms with Crippen molar-refractivity contribution >= 4 is 43.4 Å². The summed E-state index contributed by atoms with van der Waals surface area (Å²) in [6, 6.07) is 22.0. The summed E-state index contributed by atoms with van der Waals surface area (Å²) in [4.78, 5) is 11.1. The van der Waals surface area contributed by atoms with Crippen LogP contribution in [0.15, 0.2) is 83.3 Å². The van der Waals surface area contributed by atoms with Crippen molar-refractivity contribution in [2.75, 3.05) is 0 Å². The molecule has 0 saturated carbocycles. The predicted octanol–water partition coefficient (Wildman–Crippen LogP) is 7.40. The molecule has 0 spiro atoms. The van der Waals surface area contributed by atoms with Crippen LogP contribution in [0, 0.1) is 21.7 Å². The molecule has 1 heterocycles. The average Bonchev–Trinajstić information content (AvgIpc) is 3.11. The molecule has 0 aliphatic rings. The van der Waals surface area contributed by atoms with Crippen LogP contribution in [0.25, 0.3) is 38.6 Å². The molecule has 152 valence electrons. The second-order valence-electron chi connectivity index (χ2n) is 7.05. The predicted molar refractivity (Wildman–Crippen MR) is 120 cm³/mol. The summed E-state index contributed by atoms with van der Waals surface area (Å²) in [5.41, 5.74) is 1.91. The number of nitro benzene ring substituents is 1. The Morgan fingerprint density at radius 3 is 2.00 bits per heavy atom. The highest BCUT2D eigenvalue weighted by molar-refractivity contribution is 9.10. The van der Waals surface area contributed by atoms with Gasteiger partial charge < -0.3 is 4.57 Å². The first kappa shape index (κ1) is 19.4. The molecule has 4 nitrogen and oxygen atoms in total. The monoisotopic (exact) mass is 478 g/mol. The molecule has 0 N–H and O–H groups in total. The third-order valence-corrected chi connectivity index (χ3v) is 6.10. The van der Waals surface area contributed by atoms with Crippen LogP contribution in [0.5, 0.6) is 0 Å². The van der Waals surface area contributed by atoms with Crippen molar-refractivity contribution in [3.63, 3.8) is 0 Å². The Balaban J connectivity index is 1.88. The number of benzene rings is 4. The molecule has 5 aromatic rings. The van der Waals surface area contributed by atoms with Crippen LogP contribution in [0.3, 0.4) is 0 Å². The highest BCUT2D eigenvalue weighted by atomic mass is 79.9. The quantitative estimate of drug-likeness (QED) is 0.154. The largest absolute Gasteiger partial charge is 0.309 e. The minimum absolute atomic E-state index is 0.00626. The fourth-order valence-electron chi connectivity index (χ4n) is 4.00. The lowest BCUT2D eigenvalue weighted by Crippen LogP contribution is -2.00. The van der Waals surface area contributed by atoms with Gasteiger partial charge in [-0.25, -0.2) is 8.78 Å². The molecule has 0 radical (unpaired) electrons. The van der Waals surface area contributed by atoms with Crippen LogP contribution >= 0.6 is 15.9 Å². The number of halogens is 3. The number of hydrogen-bond acceptors (Lipinski definition) is 2. The Morgan fingerprint density at radius 2 is 1.39 bits per heavy atom. The van der Waals surface area contributed by atoms with Crippen molar-refractivity contribution in [2.24, 2.45) is 0 Å². The number of para-hydroxylation sites is 2. The van der Waals surface area contributed by atoms with E-state index in [1.807, 2.05) is 53.1 Å². The van der Waals surface area contributed by atoms with E-state index in [-0.39, 0.29) is 21.3 Å². The van der Waals surface area contributed by atoms with Gasteiger partial charge in [0.15, 0.2) is 0 Å². The smallest absolute Gasteiger partial charge is 0.277 e. The molecular formula is C24H13BrF2N2O2. The van der Waals surface area contributed by atoms with Gasteiger partial charge in [-0.1, -0.05) is 36.4 Å². The van der Waals surface area contributed by atoms with Crippen molar-refractivity contribution in [1.82, 2.24) is 4.57 Å². The van der Waals surface area contributed by atoms with E-state index in [9.17, 15) is 18.9 Å². The summed E-state index contributed by atoms with van der Waals surface area (Å²) < 4.78 is 30.7. The Hall–Kier alpha value is -3.58. The fraction of sp³-hybridized carbons (Fsp3) is 0. The van der Waals surface area contributed by atoms with E-state index >= 15 is 0 Å². The number of fused-ring (bicyclic) bond motifs is 3. The van der Waals surface area contributed by atoms with Crippen LogP contribution in [0.4, 0.5) is 14.5 Å². The molecule has 5 rings (SSSR count). The van der Waals surface area contributed by atoms with Gasteiger partial charge in [-0.05, 0) is 52.3 Å². The number of nitrogens with zero attached hydrogens (tertiary/aromatic N) is 2. The van der Waals surface area contributed by atoms with Crippen molar-refractivity contribution < 1.29 is 13.7 Å². The zero-order valence-corrected chi connectivity index (χ0v) is 17.4. The summed E-state index contributed by atoms with van der Waals surface area (Å²) >= 11 is 3.06. The zero-order chi connectivity index (χ0) is 21.7. The van der Waals surface area contributed by atoms with E-state index in [0.717, 1.165) is 33.9 Å². The Labute approximate surface area is 183 Å². The van der Waals surface area contributed by atoms with E-state index in [4.69, 9.17) is 0 Å². The molecule has 0 atom stereocenters. The molecule has 4 aromatic carbocycles. The van der Waals surface area contributed by atoms with Gasteiger partial charge in [0.1, 0.15) is 11.6 Å². The molecule has 0 amide bonds. The summed E-state index contributed by atoms with van der Waals surface area (Å²) in [7, 11) is 0. The lowest BCUT2D eigenvalue weighted by Gasteiger charge is -2.12. The van der Waals surface area contributed by atoms with Crippen LogP contribution in [0.2, 0.25) is 0 Å². The molecule has 31 heavy (non-hydrogen) atoms. The van der Waals surface area contributed by atoms with Gasteiger partial charge >= 0.3 is 0 Å². The van der Waals surface area contributed by atoms with Gasteiger partial charge in [0.25, 0.3) is 5.69 Å². The Bertz CT molecular complexity index is 1460. The average molecular weight is 479 g/mol. The van der Waals surface area contributed by atoms with Gasteiger partial charge in [0.05, 0.1) is 26.0 Å². The molecule has 0 saturated heterocycles. The van der Waals surface area contributed by atoms with E-state index in [1.165, 1.54) is 12.1 Å². The van der Waals surface area contributed by atoms with E-state index in [1.54, 1.807) is 6.07 Å². The van der Waals surface area contributed by atoms with Gasteiger partial charge in [-0.3, -0.25) is 10.1 Å². The minimum Gasteiger partial charge on any atom is -0.309 e. The summed E-state index contributed by atoms with van der Waals surface area (Å²) in [5, 5.41) is 13.7. The highest BCUT2D eigenvalue weighted by Crippen LogP contribution is 2.40. The molecule has 0 bridgehead atoms. The molecule has 1 aromatic heterocycles. The standard InChI is InChI=1S/C24H13BrF2N2O2/c25-24-19(27)11-10-18(26)23(24)17-13-14(9-12-22(17)29(30)31)28-20-7-3-1-5-15(20)16-6-2-4-8-21(16)28/h1-13H. The lowest BCUT2D eigenvalue weighted by molar-refractivity contribution is -0.384. The van der Waals surface area contributed by atoms with Gasteiger partial charge in [-0.15, -0.1) is 0 Å². The molecule has 0 unspecified atom stereocenters. The molecular weight excluding hydrogens is 466 g/mol. The molecule has 0 aliphatic carbocycles. The maximum absolute atomic E-state index is 14.7. The van der Waals surface area contributed by atoms with Gasteiger partial charge in [0, 0.05) is 28.1 Å². The van der Waals surface area contributed by atoms with Crippen LogP contribution in [-0.2, 0) is 0 Å². The van der Waals surface area contributed by atoms with Gasteiger partial charge in [-0.2, -0.15) is 0 Å². The minimum atomic E-state index is -0.754. The van der Waals surface area contributed by atoms with Crippen molar-refractivity contribution in [2.45, 2.75) is 0 Å².